The van der Waals surface area contributed by atoms with Gasteiger partial charge in [-0.2, -0.15) is 0 Å². The summed E-state index contributed by atoms with van der Waals surface area (Å²) in [5, 5.41) is 10.0. The summed E-state index contributed by atoms with van der Waals surface area (Å²) in [5.74, 6) is -0.527. The van der Waals surface area contributed by atoms with Crippen LogP contribution in [0.5, 0.6) is 0 Å². The Kier molecular flexibility index (Phi) is 7.09. The summed E-state index contributed by atoms with van der Waals surface area (Å²) in [6.07, 6.45) is 3.78. The number of benzene rings is 1. The summed E-state index contributed by atoms with van der Waals surface area (Å²) in [5.41, 5.74) is 8.47. The van der Waals surface area contributed by atoms with Crippen LogP contribution in [0.15, 0.2) is 42.9 Å². The Balaban J connectivity index is 1.59. The quantitative estimate of drug-likeness (QED) is 0.561. The molecule has 3 heterocycles. The fourth-order valence-electron chi connectivity index (χ4n) is 4.43. The molecule has 3 N–H and O–H groups in total. The number of aryl methyl sites for hydroxylation is 1. The van der Waals surface area contributed by atoms with E-state index < -0.39 is 11.4 Å². The van der Waals surface area contributed by atoms with Gasteiger partial charge in [0.2, 0.25) is 0 Å². The predicted molar refractivity (Wildman–Crippen MR) is 133 cm³/mol. The largest absolute Gasteiger partial charge is 0.389 e. The van der Waals surface area contributed by atoms with E-state index >= 15 is 4.39 Å². The van der Waals surface area contributed by atoms with E-state index in [1.165, 1.54) is 18.5 Å². The minimum Gasteiger partial charge on any atom is -0.389 e. The number of hydrogen-bond acceptors (Lipinski definition) is 7. The number of nitrogens with two attached hydrogens (primary N) is 1. The number of aliphatic hydroxyl groups is 1. The lowest BCUT2D eigenvalue weighted by Gasteiger charge is -2.37. The minimum atomic E-state index is -0.798. The van der Waals surface area contributed by atoms with Crippen molar-refractivity contribution in [1.29, 1.82) is 0 Å². The number of pyridine rings is 1. The van der Waals surface area contributed by atoms with Crippen LogP contribution in [0.1, 0.15) is 36.8 Å². The van der Waals surface area contributed by atoms with Gasteiger partial charge in [0, 0.05) is 55.6 Å². The van der Waals surface area contributed by atoms with Gasteiger partial charge in [0.1, 0.15) is 18.0 Å². The fraction of sp³-hybridized carbons (Fsp3) is 0.385. The number of hydrogen-bond donors (Lipinski definition) is 2. The summed E-state index contributed by atoms with van der Waals surface area (Å²) < 4.78 is 15.2. The maximum atomic E-state index is 15.2. The van der Waals surface area contributed by atoms with Gasteiger partial charge >= 0.3 is 0 Å². The van der Waals surface area contributed by atoms with Crippen molar-refractivity contribution in [2.45, 2.75) is 32.8 Å². The molecule has 1 saturated heterocycles. The number of carbonyl (C=O) groups excluding carboxylic acids is 1. The molecule has 9 heteroatoms. The average Bonchev–Trinajstić information content (AvgIpc) is 2.83. The highest BCUT2D eigenvalue weighted by atomic mass is 19.1. The van der Waals surface area contributed by atoms with Gasteiger partial charge < -0.3 is 15.7 Å². The van der Waals surface area contributed by atoms with Crippen molar-refractivity contribution in [2.24, 2.45) is 0 Å². The van der Waals surface area contributed by atoms with Crippen LogP contribution >= 0.6 is 0 Å². The van der Waals surface area contributed by atoms with Gasteiger partial charge in [0.05, 0.1) is 22.6 Å². The van der Waals surface area contributed by atoms with E-state index in [-0.39, 0.29) is 11.5 Å². The standard InChI is InChI=1S/C26H31FN6O2/c1-4-21-23(18-6-8-22(28)29-14-18)24(31-16-30-21)17-5-7-19(20(27)13-17)25(34)33-11-9-32(10-12-33)15-26(2,3)35/h5-8,13-14,16,35H,4,9-12,15H2,1-3H3,(H2,28,29). The van der Waals surface area contributed by atoms with Gasteiger partial charge in [0.25, 0.3) is 5.91 Å². The Morgan fingerprint density at radius 1 is 1.09 bits per heavy atom. The Labute approximate surface area is 204 Å². The zero-order valence-corrected chi connectivity index (χ0v) is 20.3. The second kappa shape index (κ2) is 10.1. The van der Waals surface area contributed by atoms with E-state index in [4.69, 9.17) is 5.73 Å². The normalized spacial score (nSPS) is 14.8. The summed E-state index contributed by atoms with van der Waals surface area (Å²) in [6.45, 7) is 8.28. The van der Waals surface area contributed by atoms with Crippen molar-refractivity contribution in [1.82, 2.24) is 24.8 Å². The molecule has 1 aromatic carbocycles. The number of carbonyl (C=O) groups is 1. The van der Waals surface area contributed by atoms with Crippen molar-refractivity contribution in [3.8, 4) is 22.4 Å². The molecule has 0 spiro atoms. The lowest BCUT2D eigenvalue weighted by atomic mass is 9.96. The van der Waals surface area contributed by atoms with Crippen molar-refractivity contribution < 1.29 is 14.3 Å². The van der Waals surface area contributed by atoms with Crippen LogP contribution < -0.4 is 5.73 Å². The van der Waals surface area contributed by atoms with Gasteiger partial charge in [-0.1, -0.05) is 13.0 Å². The first-order valence-electron chi connectivity index (χ1n) is 11.8. The van der Waals surface area contributed by atoms with E-state index in [1.807, 2.05) is 13.0 Å². The number of piperazine rings is 1. The van der Waals surface area contributed by atoms with Crippen molar-refractivity contribution in [3.05, 3.63) is 59.9 Å². The molecule has 1 fully saturated rings. The first-order valence-corrected chi connectivity index (χ1v) is 11.8. The number of rotatable bonds is 6. The number of halogens is 1. The lowest BCUT2D eigenvalue weighted by molar-refractivity contribution is 0.0177. The third-order valence-corrected chi connectivity index (χ3v) is 6.08. The van der Waals surface area contributed by atoms with Gasteiger partial charge in [-0.3, -0.25) is 9.69 Å². The van der Waals surface area contributed by atoms with E-state index in [9.17, 15) is 9.90 Å². The molecule has 1 aliphatic rings. The molecule has 0 aliphatic carbocycles. The van der Waals surface area contributed by atoms with Gasteiger partial charge in [-0.15, -0.1) is 0 Å². The maximum absolute atomic E-state index is 15.2. The second-order valence-corrected chi connectivity index (χ2v) is 9.44. The fourth-order valence-corrected chi connectivity index (χ4v) is 4.43. The summed E-state index contributed by atoms with van der Waals surface area (Å²) in [6, 6.07) is 8.14. The van der Waals surface area contributed by atoms with Gasteiger partial charge in [-0.05, 0) is 44.5 Å². The Morgan fingerprint density at radius 3 is 2.40 bits per heavy atom. The molecule has 0 bridgehead atoms. The first kappa shape index (κ1) is 24.7. The van der Waals surface area contributed by atoms with E-state index in [0.29, 0.717) is 56.2 Å². The van der Waals surface area contributed by atoms with Crippen molar-refractivity contribution >= 4 is 11.7 Å². The Morgan fingerprint density at radius 2 is 1.80 bits per heavy atom. The van der Waals surface area contributed by atoms with Crippen LogP contribution in [0.2, 0.25) is 0 Å². The van der Waals surface area contributed by atoms with E-state index in [0.717, 1.165) is 16.8 Å². The highest BCUT2D eigenvalue weighted by Gasteiger charge is 2.27. The molecule has 2 aromatic heterocycles. The molecule has 0 radical (unpaired) electrons. The number of nitrogens with zero attached hydrogens (tertiary/aromatic N) is 5. The van der Waals surface area contributed by atoms with Crippen LogP contribution in [-0.4, -0.2) is 74.1 Å². The topological polar surface area (TPSA) is 108 Å². The zero-order valence-electron chi connectivity index (χ0n) is 20.3. The molecule has 4 rings (SSSR count). The smallest absolute Gasteiger partial charge is 0.256 e. The van der Waals surface area contributed by atoms with Gasteiger partial charge in [-0.25, -0.2) is 19.3 Å². The minimum absolute atomic E-state index is 0.0326. The maximum Gasteiger partial charge on any atom is 0.256 e. The van der Waals surface area contributed by atoms with Crippen molar-refractivity contribution in [2.75, 3.05) is 38.5 Å². The SMILES string of the molecule is CCc1ncnc(-c2ccc(C(=O)N3CCN(CC(C)(C)O)CC3)c(F)c2)c1-c1ccc(N)nc1. The molecule has 35 heavy (non-hydrogen) atoms. The molecule has 1 aliphatic heterocycles. The molecule has 1 amide bonds. The van der Waals surface area contributed by atoms with Gasteiger partial charge in [0.15, 0.2) is 0 Å². The number of anilines is 1. The average molecular weight is 479 g/mol. The van der Waals surface area contributed by atoms with Crippen molar-refractivity contribution in [3.63, 3.8) is 0 Å². The Hall–Kier alpha value is -3.43. The van der Waals surface area contributed by atoms with E-state index in [2.05, 4.69) is 19.9 Å². The molecule has 0 saturated carbocycles. The Bertz CT molecular complexity index is 1200. The number of β-amino-alcohol motifs (C(OH)–C–C–N with tert-alkyl or cyclic N) is 1. The van der Waals surface area contributed by atoms with Crippen LogP contribution in [-0.2, 0) is 6.42 Å². The first-order chi connectivity index (χ1) is 16.7. The monoisotopic (exact) mass is 478 g/mol. The summed E-state index contributed by atoms with van der Waals surface area (Å²) in [4.78, 5) is 29.8. The molecular formula is C26H31FN6O2. The number of nitrogen functional groups attached to an aromatic ring is 1. The summed E-state index contributed by atoms with van der Waals surface area (Å²) in [7, 11) is 0. The highest BCUT2D eigenvalue weighted by Crippen LogP contribution is 2.33. The lowest BCUT2D eigenvalue weighted by Crippen LogP contribution is -2.52. The number of aromatic nitrogens is 3. The molecule has 0 atom stereocenters. The molecule has 184 valence electrons. The molecule has 8 nitrogen and oxygen atoms in total. The molecule has 0 unspecified atom stereocenters. The van der Waals surface area contributed by atoms with Crippen LogP contribution in [0.4, 0.5) is 10.2 Å². The second-order valence-electron chi connectivity index (χ2n) is 9.44. The van der Waals surface area contributed by atoms with Crippen LogP contribution in [0.3, 0.4) is 0 Å². The van der Waals surface area contributed by atoms with Crippen LogP contribution in [0.25, 0.3) is 22.4 Å². The zero-order chi connectivity index (χ0) is 25.2. The third kappa shape index (κ3) is 5.63. The predicted octanol–water partition coefficient (Wildman–Crippen LogP) is 3.02. The number of amides is 1. The van der Waals surface area contributed by atoms with E-state index in [1.54, 1.807) is 37.1 Å². The van der Waals surface area contributed by atoms with Crippen LogP contribution in [0, 0.1) is 5.82 Å². The summed E-state index contributed by atoms with van der Waals surface area (Å²) >= 11 is 0. The third-order valence-electron chi connectivity index (χ3n) is 6.08. The highest BCUT2D eigenvalue weighted by molar-refractivity contribution is 5.95. The molecular weight excluding hydrogens is 447 g/mol. The molecule has 3 aromatic rings.